The zero-order chi connectivity index (χ0) is 25.7. The zero-order valence-electron chi connectivity index (χ0n) is 19.2. The number of halogens is 3. The number of aromatic nitrogens is 1. The van der Waals surface area contributed by atoms with Crippen LogP contribution in [0, 0.1) is 0 Å². The molecule has 0 saturated carbocycles. The van der Waals surface area contributed by atoms with Crippen molar-refractivity contribution in [2.75, 3.05) is 22.3 Å². The molecule has 36 heavy (non-hydrogen) atoms. The number of rotatable bonds is 5. The summed E-state index contributed by atoms with van der Waals surface area (Å²) < 4.78 is 70.5. The number of hydrogen-bond acceptors (Lipinski definition) is 4. The number of fused-ring (bicyclic) bond motifs is 2. The average molecular weight is 534 g/mol. The van der Waals surface area contributed by atoms with Crippen molar-refractivity contribution in [1.29, 1.82) is 0 Å². The van der Waals surface area contributed by atoms with Gasteiger partial charge in [0.1, 0.15) is 6.54 Å². The Labute approximate surface area is 210 Å². The lowest BCUT2D eigenvalue weighted by Crippen LogP contribution is -2.39. The van der Waals surface area contributed by atoms with Crippen LogP contribution < -0.4 is 9.21 Å². The molecule has 0 unspecified atom stereocenters. The number of carbonyl (C=O) groups is 1. The van der Waals surface area contributed by atoms with E-state index in [-0.39, 0.29) is 16.5 Å². The first-order valence-corrected chi connectivity index (χ1v) is 13.5. The number of hydrogen-bond donors (Lipinski definition) is 0. The summed E-state index contributed by atoms with van der Waals surface area (Å²) in [6.07, 6.45) is -1.97. The van der Waals surface area contributed by atoms with Gasteiger partial charge in [0.15, 0.2) is 0 Å². The molecular weight excluding hydrogens is 511 g/mol. The van der Waals surface area contributed by atoms with Crippen molar-refractivity contribution in [2.24, 2.45) is 7.05 Å². The van der Waals surface area contributed by atoms with Crippen molar-refractivity contribution in [3.63, 3.8) is 0 Å². The topological polar surface area (TPSA) is 62.6 Å². The molecule has 0 aliphatic carbocycles. The lowest BCUT2D eigenvalue weighted by molar-refractivity contribution is -0.117. The van der Waals surface area contributed by atoms with E-state index in [0.29, 0.717) is 50.7 Å². The van der Waals surface area contributed by atoms with Crippen LogP contribution in [0.4, 0.5) is 24.5 Å². The summed E-state index contributed by atoms with van der Waals surface area (Å²) in [7, 11) is -2.84. The minimum absolute atomic E-state index is 0.0931. The molecule has 1 aliphatic rings. The van der Waals surface area contributed by atoms with Crippen molar-refractivity contribution in [3.8, 4) is 0 Å². The molecule has 3 heterocycles. The van der Waals surface area contributed by atoms with Crippen LogP contribution in [0.1, 0.15) is 21.7 Å². The number of carbonyl (C=O) groups excluding carboxylic acids is 1. The summed E-state index contributed by atoms with van der Waals surface area (Å²) in [5.74, 6) is -0.186. The number of anilines is 2. The predicted octanol–water partition coefficient (Wildman–Crippen LogP) is 5.59. The number of alkyl halides is 3. The lowest BCUT2D eigenvalue weighted by Gasteiger charge is -2.31. The molecule has 0 saturated heterocycles. The standard InChI is InChI=1S/C25H22F3N3O3S2/c1-29-13-11-19-21(29)6-2-8-23(19)36(33,34)31(16-25(26,27)28)18-9-10-20-17(15-18)5-3-12-30(20)24(32)22-7-4-14-35-22/h2,4,6-11,13-15H,3,5,12,16H2,1H3. The second kappa shape index (κ2) is 8.97. The van der Waals surface area contributed by atoms with Crippen LogP contribution in [0.2, 0.25) is 0 Å². The highest BCUT2D eigenvalue weighted by Crippen LogP contribution is 2.37. The van der Waals surface area contributed by atoms with Crippen molar-refractivity contribution in [2.45, 2.75) is 23.9 Å². The number of thiophene rings is 1. The van der Waals surface area contributed by atoms with Gasteiger partial charge in [0.05, 0.1) is 15.5 Å². The molecule has 188 valence electrons. The molecule has 4 aromatic rings. The van der Waals surface area contributed by atoms with Crippen molar-refractivity contribution < 1.29 is 26.4 Å². The van der Waals surface area contributed by atoms with Crippen molar-refractivity contribution in [1.82, 2.24) is 4.57 Å². The first kappa shape index (κ1) is 24.4. The third kappa shape index (κ3) is 4.37. The molecule has 2 aromatic heterocycles. The second-order valence-corrected chi connectivity index (χ2v) is 11.4. The molecule has 0 bridgehead atoms. The van der Waals surface area contributed by atoms with Crippen LogP contribution in [0.3, 0.4) is 0 Å². The van der Waals surface area contributed by atoms with Crippen LogP contribution in [-0.2, 0) is 23.5 Å². The average Bonchev–Trinajstić information content (AvgIpc) is 3.51. The normalized spacial score (nSPS) is 14.2. The molecule has 1 amide bonds. The van der Waals surface area contributed by atoms with Gasteiger partial charge in [-0.1, -0.05) is 12.1 Å². The maximum atomic E-state index is 13.7. The summed E-state index contributed by atoms with van der Waals surface area (Å²) in [5.41, 5.74) is 1.71. The summed E-state index contributed by atoms with van der Waals surface area (Å²) >= 11 is 1.31. The van der Waals surface area contributed by atoms with E-state index in [1.165, 1.54) is 41.7 Å². The molecule has 0 N–H and O–H groups in total. The molecule has 1 aliphatic heterocycles. The number of aryl methyl sites for hydroxylation is 2. The molecule has 0 fully saturated rings. The molecule has 2 aromatic carbocycles. The number of nitrogens with zero attached hydrogens (tertiary/aromatic N) is 3. The molecule has 11 heteroatoms. The van der Waals surface area contributed by atoms with Gasteiger partial charge >= 0.3 is 6.18 Å². The van der Waals surface area contributed by atoms with Crippen LogP contribution in [-0.4, -0.2) is 38.2 Å². The van der Waals surface area contributed by atoms with Crippen molar-refractivity contribution >= 4 is 49.5 Å². The number of sulfonamides is 1. The number of benzene rings is 2. The Kier molecular flexibility index (Phi) is 6.08. The second-order valence-electron chi connectivity index (χ2n) is 8.59. The summed E-state index contributed by atoms with van der Waals surface area (Å²) in [6, 6.07) is 14.0. The number of amides is 1. The van der Waals surface area contributed by atoms with Gasteiger partial charge in [-0.2, -0.15) is 13.2 Å². The predicted molar refractivity (Wildman–Crippen MR) is 134 cm³/mol. The molecule has 6 nitrogen and oxygen atoms in total. The Hall–Kier alpha value is -3.31. The first-order valence-electron chi connectivity index (χ1n) is 11.2. The van der Waals surface area contributed by atoms with E-state index < -0.39 is 22.7 Å². The third-order valence-electron chi connectivity index (χ3n) is 6.23. The Balaban J connectivity index is 1.59. The van der Waals surface area contributed by atoms with Gasteiger partial charge in [-0.3, -0.25) is 9.10 Å². The fourth-order valence-corrected chi connectivity index (χ4v) is 6.90. The minimum Gasteiger partial charge on any atom is -0.351 e. The maximum absolute atomic E-state index is 13.7. The fourth-order valence-electron chi connectivity index (χ4n) is 4.58. The van der Waals surface area contributed by atoms with Gasteiger partial charge in [0.2, 0.25) is 0 Å². The van der Waals surface area contributed by atoms with E-state index in [1.54, 1.807) is 52.4 Å². The quantitative estimate of drug-likeness (QED) is 0.336. The Morgan fingerprint density at radius 1 is 1.11 bits per heavy atom. The summed E-state index contributed by atoms with van der Waals surface area (Å²) in [5, 5.41) is 2.15. The molecule has 5 rings (SSSR count). The molecule has 0 atom stereocenters. The third-order valence-corrected chi connectivity index (χ3v) is 8.92. The fraction of sp³-hybridized carbons (Fsp3) is 0.240. The zero-order valence-corrected chi connectivity index (χ0v) is 20.8. The molecule has 0 spiro atoms. The van der Waals surface area contributed by atoms with E-state index in [4.69, 9.17) is 0 Å². The van der Waals surface area contributed by atoms with Gasteiger partial charge in [0.25, 0.3) is 15.9 Å². The van der Waals surface area contributed by atoms with E-state index >= 15 is 0 Å². The summed E-state index contributed by atoms with van der Waals surface area (Å²) in [4.78, 5) is 14.9. The van der Waals surface area contributed by atoms with Crippen LogP contribution in [0.15, 0.2) is 71.1 Å². The van der Waals surface area contributed by atoms with Gasteiger partial charge in [0, 0.05) is 36.4 Å². The lowest BCUT2D eigenvalue weighted by atomic mass is 10.0. The minimum atomic E-state index is -4.77. The van der Waals surface area contributed by atoms with Crippen molar-refractivity contribution in [3.05, 3.63) is 76.6 Å². The Bertz CT molecular complexity index is 1540. The van der Waals surface area contributed by atoms with E-state index in [0.717, 1.165) is 0 Å². The smallest absolute Gasteiger partial charge is 0.351 e. The van der Waals surface area contributed by atoms with Crippen LogP contribution in [0.5, 0.6) is 0 Å². The largest absolute Gasteiger partial charge is 0.407 e. The highest BCUT2D eigenvalue weighted by atomic mass is 32.2. The Morgan fingerprint density at radius 2 is 1.92 bits per heavy atom. The van der Waals surface area contributed by atoms with E-state index in [9.17, 15) is 26.4 Å². The van der Waals surface area contributed by atoms with Crippen LogP contribution in [0.25, 0.3) is 10.9 Å². The Morgan fingerprint density at radius 3 is 2.64 bits per heavy atom. The summed E-state index contributed by atoms with van der Waals surface area (Å²) in [6.45, 7) is -1.20. The van der Waals surface area contributed by atoms with Gasteiger partial charge < -0.3 is 9.47 Å². The van der Waals surface area contributed by atoms with E-state index in [2.05, 4.69) is 0 Å². The van der Waals surface area contributed by atoms with Gasteiger partial charge in [-0.15, -0.1) is 11.3 Å². The SMILES string of the molecule is Cn1ccc2c(S(=O)(=O)N(CC(F)(F)F)c3ccc4c(c3)CCCN4C(=O)c3cccs3)cccc21. The highest BCUT2D eigenvalue weighted by Gasteiger charge is 2.38. The van der Waals surface area contributed by atoms with Crippen LogP contribution >= 0.6 is 11.3 Å². The van der Waals surface area contributed by atoms with E-state index in [1.807, 2.05) is 0 Å². The van der Waals surface area contributed by atoms with Gasteiger partial charge in [-0.05, 0) is 66.2 Å². The molecule has 0 radical (unpaired) electrons. The highest BCUT2D eigenvalue weighted by molar-refractivity contribution is 7.93. The van der Waals surface area contributed by atoms with Gasteiger partial charge in [-0.25, -0.2) is 8.42 Å². The molecular formula is C25H22F3N3O3S2. The maximum Gasteiger partial charge on any atom is 0.407 e. The first-order chi connectivity index (χ1) is 17.1. The monoisotopic (exact) mass is 533 g/mol.